The molecule has 0 amide bonds. The molecule has 2 fully saturated rings. The van der Waals surface area contributed by atoms with Crippen LogP contribution in [0.2, 0.25) is 0 Å². The van der Waals surface area contributed by atoms with Gasteiger partial charge in [-0.1, -0.05) is 6.08 Å². The molecule has 1 aromatic heterocycles. The predicted molar refractivity (Wildman–Crippen MR) is 97.1 cm³/mol. The summed E-state index contributed by atoms with van der Waals surface area (Å²) in [5.74, 6) is 2.23. The van der Waals surface area contributed by atoms with Gasteiger partial charge in [-0.3, -0.25) is 14.6 Å². The highest BCUT2D eigenvalue weighted by Gasteiger charge is 2.53. The largest absolute Gasteiger partial charge is 0.466 e. The van der Waals surface area contributed by atoms with Crippen LogP contribution in [0.5, 0.6) is 0 Å². The maximum atomic E-state index is 12.9. The molecular weight excluding hydrogens is 316 g/mol. The molecule has 1 aromatic rings. The number of rotatable bonds is 6. The van der Waals surface area contributed by atoms with E-state index in [4.69, 9.17) is 9.15 Å². The summed E-state index contributed by atoms with van der Waals surface area (Å²) in [6.07, 6.45) is 3.84. The average Bonchev–Trinajstić information content (AvgIpc) is 3.08. The molecule has 5 nitrogen and oxygen atoms in total. The van der Waals surface area contributed by atoms with Gasteiger partial charge in [-0.2, -0.15) is 0 Å². The van der Waals surface area contributed by atoms with E-state index in [0.717, 1.165) is 63.6 Å². The van der Waals surface area contributed by atoms with E-state index in [0.29, 0.717) is 12.5 Å². The van der Waals surface area contributed by atoms with Crippen LogP contribution in [-0.2, 0) is 16.1 Å². The second-order valence-electron chi connectivity index (χ2n) is 7.41. The minimum Gasteiger partial charge on any atom is -0.466 e. The molecule has 2 saturated heterocycles. The summed E-state index contributed by atoms with van der Waals surface area (Å²) in [6.45, 7) is 13.4. The summed E-state index contributed by atoms with van der Waals surface area (Å²) in [6, 6.07) is 4.06. The lowest BCUT2D eigenvalue weighted by atomic mass is 9.75. The van der Waals surface area contributed by atoms with E-state index >= 15 is 0 Å². The Morgan fingerprint density at radius 3 is 2.92 bits per heavy atom. The lowest BCUT2D eigenvalue weighted by Gasteiger charge is -2.31. The van der Waals surface area contributed by atoms with Crippen LogP contribution < -0.4 is 0 Å². The Bertz CT molecular complexity index is 612. The Hall–Kier alpha value is -1.59. The zero-order valence-electron chi connectivity index (χ0n) is 15.5. The van der Waals surface area contributed by atoms with E-state index in [1.165, 1.54) is 0 Å². The number of ether oxygens (including phenoxy) is 1. The Morgan fingerprint density at radius 2 is 2.24 bits per heavy atom. The van der Waals surface area contributed by atoms with E-state index in [1.54, 1.807) is 0 Å². The topological polar surface area (TPSA) is 45.9 Å². The van der Waals surface area contributed by atoms with Gasteiger partial charge in [-0.05, 0) is 45.4 Å². The summed E-state index contributed by atoms with van der Waals surface area (Å²) in [4.78, 5) is 17.6. The number of nitrogens with zero attached hydrogens (tertiary/aromatic N) is 2. The maximum Gasteiger partial charge on any atom is 0.313 e. The van der Waals surface area contributed by atoms with Crippen LogP contribution in [0.15, 0.2) is 29.2 Å². The predicted octanol–water partition coefficient (Wildman–Crippen LogP) is 2.85. The van der Waals surface area contributed by atoms with Crippen molar-refractivity contribution in [3.63, 3.8) is 0 Å². The molecule has 0 N–H and O–H groups in total. The van der Waals surface area contributed by atoms with Gasteiger partial charge >= 0.3 is 5.97 Å². The molecule has 2 aliphatic heterocycles. The van der Waals surface area contributed by atoms with Crippen molar-refractivity contribution in [3.8, 4) is 0 Å². The summed E-state index contributed by atoms with van der Waals surface area (Å²) in [5.41, 5.74) is -0.368. The molecule has 0 bridgehead atoms. The second kappa shape index (κ2) is 7.75. The zero-order valence-corrected chi connectivity index (χ0v) is 15.5. The number of esters is 1. The quantitative estimate of drug-likeness (QED) is 0.585. The van der Waals surface area contributed by atoms with Crippen molar-refractivity contribution in [1.29, 1.82) is 0 Å². The number of carbonyl (C=O) groups excluding carboxylic acids is 1. The smallest absolute Gasteiger partial charge is 0.313 e. The molecule has 0 radical (unpaired) electrons. The third kappa shape index (κ3) is 3.82. The molecule has 3 heterocycles. The fourth-order valence-corrected chi connectivity index (χ4v) is 4.48. The molecule has 0 saturated carbocycles. The Kier molecular flexibility index (Phi) is 5.64. The highest BCUT2D eigenvalue weighted by Crippen LogP contribution is 2.43. The van der Waals surface area contributed by atoms with Crippen LogP contribution in [0, 0.1) is 18.3 Å². The van der Waals surface area contributed by atoms with Gasteiger partial charge in [0.2, 0.25) is 0 Å². The zero-order chi connectivity index (χ0) is 17.9. The van der Waals surface area contributed by atoms with E-state index in [-0.39, 0.29) is 11.4 Å². The third-order valence-electron chi connectivity index (χ3n) is 5.59. The molecule has 25 heavy (non-hydrogen) atoms. The first kappa shape index (κ1) is 18.2. The molecule has 3 rings (SSSR count). The SMILES string of the molecule is C=CCN1C[C@@H]2CN(Cc3ccc(C)o3)CCC[C@]2(C(=O)OCC)C1. The third-order valence-corrected chi connectivity index (χ3v) is 5.59. The number of hydrogen-bond donors (Lipinski definition) is 0. The van der Waals surface area contributed by atoms with Crippen molar-refractivity contribution < 1.29 is 13.9 Å². The Labute approximate surface area is 150 Å². The van der Waals surface area contributed by atoms with Gasteiger partial charge in [0.05, 0.1) is 18.6 Å². The van der Waals surface area contributed by atoms with Crippen LogP contribution in [0.25, 0.3) is 0 Å². The fourth-order valence-electron chi connectivity index (χ4n) is 4.48. The van der Waals surface area contributed by atoms with Gasteiger partial charge < -0.3 is 9.15 Å². The van der Waals surface area contributed by atoms with Gasteiger partial charge in [0, 0.05) is 32.1 Å². The first-order valence-corrected chi connectivity index (χ1v) is 9.35. The van der Waals surface area contributed by atoms with Crippen molar-refractivity contribution in [2.75, 3.05) is 39.3 Å². The molecule has 138 valence electrons. The Morgan fingerprint density at radius 1 is 1.44 bits per heavy atom. The Balaban J connectivity index is 1.77. The lowest BCUT2D eigenvalue weighted by molar-refractivity contribution is -0.157. The van der Waals surface area contributed by atoms with Crippen molar-refractivity contribution >= 4 is 5.97 Å². The molecule has 0 spiro atoms. The number of furan rings is 1. The van der Waals surface area contributed by atoms with Crippen LogP contribution in [0.4, 0.5) is 0 Å². The van der Waals surface area contributed by atoms with Gasteiger partial charge in [-0.15, -0.1) is 6.58 Å². The van der Waals surface area contributed by atoms with E-state index in [9.17, 15) is 4.79 Å². The number of likely N-dealkylation sites (tertiary alicyclic amines) is 2. The number of carbonyl (C=O) groups is 1. The van der Waals surface area contributed by atoms with E-state index in [1.807, 2.05) is 26.0 Å². The van der Waals surface area contributed by atoms with E-state index < -0.39 is 0 Å². The van der Waals surface area contributed by atoms with Crippen molar-refractivity contribution in [2.45, 2.75) is 33.2 Å². The van der Waals surface area contributed by atoms with Gasteiger partial charge in [0.1, 0.15) is 11.5 Å². The lowest BCUT2D eigenvalue weighted by Crippen LogP contribution is -2.42. The molecular formula is C20H30N2O3. The summed E-state index contributed by atoms with van der Waals surface area (Å²) in [7, 11) is 0. The van der Waals surface area contributed by atoms with Crippen molar-refractivity contribution in [1.82, 2.24) is 9.80 Å². The first-order valence-electron chi connectivity index (χ1n) is 9.35. The number of hydrogen-bond acceptors (Lipinski definition) is 5. The summed E-state index contributed by atoms with van der Waals surface area (Å²) >= 11 is 0. The number of aryl methyl sites for hydroxylation is 1. The van der Waals surface area contributed by atoms with E-state index in [2.05, 4.69) is 22.4 Å². The molecule has 0 aliphatic carbocycles. The minimum absolute atomic E-state index is 0.0118. The van der Waals surface area contributed by atoms with Gasteiger partial charge in [0.15, 0.2) is 0 Å². The van der Waals surface area contributed by atoms with Crippen LogP contribution >= 0.6 is 0 Å². The highest BCUT2D eigenvalue weighted by atomic mass is 16.5. The van der Waals surface area contributed by atoms with Gasteiger partial charge in [0.25, 0.3) is 0 Å². The minimum atomic E-state index is -0.368. The molecule has 5 heteroatoms. The molecule has 2 atom stereocenters. The fraction of sp³-hybridized carbons (Fsp3) is 0.650. The van der Waals surface area contributed by atoms with Crippen LogP contribution in [0.1, 0.15) is 31.3 Å². The first-order chi connectivity index (χ1) is 12.1. The average molecular weight is 346 g/mol. The summed E-state index contributed by atoms with van der Waals surface area (Å²) in [5, 5.41) is 0. The van der Waals surface area contributed by atoms with Crippen molar-refractivity contribution in [3.05, 3.63) is 36.3 Å². The van der Waals surface area contributed by atoms with Gasteiger partial charge in [-0.25, -0.2) is 0 Å². The second-order valence-corrected chi connectivity index (χ2v) is 7.41. The normalized spacial score (nSPS) is 27.7. The standard InChI is InChI=1S/C20H30N2O3/c1-4-10-22-13-17-12-21(14-18-8-7-16(3)25-18)11-6-9-20(17,15-22)19(23)24-5-2/h4,7-8,17H,1,5-6,9-15H2,2-3H3/t17-,20-/m0/s1. The molecule has 0 aromatic carbocycles. The highest BCUT2D eigenvalue weighted by molar-refractivity contribution is 5.78. The van der Waals surface area contributed by atoms with Crippen molar-refractivity contribution in [2.24, 2.45) is 11.3 Å². The molecule has 2 aliphatic rings. The number of fused-ring (bicyclic) bond motifs is 1. The molecule has 0 unspecified atom stereocenters. The van der Waals surface area contributed by atoms with Crippen LogP contribution in [-0.4, -0.2) is 55.1 Å². The summed E-state index contributed by atoms with van der Waals surface area (Å²) < 4.78 is 11.2. The maximum absolute atomic E-state index is 12.9. The monoisotopic (exact) mass is 346 g/mol. The van der Waals surface area contributed by atoms with Crippen LogP contribution in [0.3, 0.4) is 0 Å².